The van der Waals surface area contributed by atoms with E-state index in [1.165, 1.54) is 0 Å². The molecule has 3 aromatic rings. The number of likely N-dealkylation sites (tertiary alicyclic amines) is 1. The number of benzene rings is 1. The van der Waals surface area contributed by atoms with Gasteiger partial charge in [-0.25, -0.2) is 4.68 Å². The van der Waals surface area contributed by atoms with Crippen LogP contribution in [0.4, 0.5) is 0 Å². The summed E-state index contributed by atoms with van der Waals surface area (Å²) in [5, 5.41) is 13.3. The zero-order valence-electron chi connectivity index (χ0n) is 15.7. The van der Waals surface area contributed by atoms with E-state index in [0.717, 1.165) is 42.4 Å². The minimum absolute atomic E-state index is 0.0930. The number of aryl methyl sites for hydroxylation is 1. The smallest absolute Gasteiger partial charge is 0.253 e. The standard InChI is InChI=1S/C19H24N6O2/c1-13-5-6-16-14(11-13)12-15(19(26)20-16)17(24-7-3-4-8-24)18-21-22-23-25(18)9-10-27-2/h5-6,11-12,17H,3-4,7-10H2,1-2H3,(H,20,26)/t17-/m1/s1. The van der Waals surface area contributed by atoms with Crippen LogP contribution in [-0.2, 0) is 11.3 Å². The lowest BCUT2D eigenvalue weighted by Gasteiger charge is -2.26. The van der Waals surface area contributed by atoms with Gasteiger partial charge in [0.25, 0.3) is 5.56 Å². The van der Waals surface area contributed by atoms with Crippen molar-refractivity contribution in [2.75, 3.05) is 26.8 Å². The maximum absolute atomic E-state index is 13.0. The van der Waals surface area contributed by atoms with Crippen LogP contribution in [0.1, 0.15) is 35.8 Å². The third kappa shape index (κ3) is 3.50. The summed E-state index contributed by atoms with van der Waals surface area (Å²) in [6.45, 7) is 4.96. The van der Waals surface area contributed by atoms with Gasteiger partial charge >= 0.3 is 0 Å². The first-order chi connectivity index (χ1) is 13.2. The van der Waals surface area contributed by atoms with Crippen molar-refractivity contribution in [3.05, 3.63) is 51.6 Å². The average Bonchev–Trinajstić information content (AvgIpc) is 3.34. The Morgan fingerprint density at radius 2 is 2.07 bits per heavy atom. The van der Waals surface area contributed by atoms with Crippen molar-refractivity contribution in [3.8, 4) is 0 Å². The molecule has 0 radical (unpaired) electrons. The summed E-state index contributed by atoms with van der Waals surface area (Å²) in [5.74, 6) is 0.687. The molecule has 8 heteroatoms. The van der Waals surface area contributed by atoms with Gasteiger partial charge in [0, 0.05) is 18.2 Å². The highest BCUT2D eigenvalue weighted by Crippen LogP contribution is 2.29. The van der Waals surface area contributed by atoms with E-state index in [0.29, 0.717) is 24.5 Å². The molecule has 1 aliphatic rings. The Hall–Kier alpha value is -2.58. The van der Waals surface area contributed by atoms with E-state index >= 15 is 0 Å². The van der Waals surface area contributed by atoms with Gasteiger partial charge in [-0.2, -0.15) is 0 Å². The summed E-state index contributed by atoms with van der Waals surface area (Å²) in [5.41, 5.74) is 2.59. The molecule has 1 saturated heterocycles. The number of hydrogen-bond donors (Lipinski definition) is 1. The molecular weight excluding hydrogens is 344 g/mol. The Morgan fingerprint density at radius 1 is 1.26 bits per heavy atom. The Balaban J connectivity index is 1.84. The van der Waals surface area contributed by atoms with Crippen molar-refractivity contribution in [2.24, 2.45) is 0 Å². The van der Waals surface area contributed by atoms with Gasteiger partial charge in [0.05, 0.1) is 13.2 Å². The number of fused-ring (bicyclic) bond motifs is 1. The number of methoxy groups -OCH3 is 1. The number of rotatable bonds is 6. The molecular formula is C19H24N6O2. The van der Waals surface area contributed by atoms with Crippen LogP contribution in [0, 0.1) is 6.92 Å². The Kier molecular flexibility index (Phi) is 5.00. The molecule has 4 rings (SSSR count). The first-order valence-electron chi connectivity index (χ1n) is 9.30. The zero-order chi connectivity index (χ0) is 18.8. The van der Waals surface area contributed by atoms with E-state index in [9.17, 15) is 4.79 Å². The summed E-state index contributed by atoms with van der Waals surface area (Å²) in [6, 6.07) is 7.75. The van der Waals surface area contributed by atoms with Crippen molar-refractivity contribution in [2.45, 2.75) is 32.4 Å². The number of H-pyrrole nitrogens is 1. The minimum atomic E-state index is -0.270. The normalized spacial score (nSPS) is 16.2. The first kappa shape index (κ1) is 17.8. The van der Waals surface area contributed by atoms with Crippen molar-refractivity contribution < 1.29 is 4.74 Å². The van der Waals surface area contributed by atoms with Gasteiger partial charge in [-0.05, 0) is 66.9 Å². The van der Waals surface area contributed by atoms with Crippen LogP contribution in [0.3, 0.4) is 0 Å². The average molecular weight is 368 g/mol. The number of nitrogens with one attached hydrogen (secondary N) is 1. The number of tetrazole rings is 1. The van der Waals surface area contributed by atoms with E-state index < -0.39 is 0 Å². The zero-order valence-corrected chi connectivity index (χ0v) is 15.7. The second-order valence-electron chi connectivity index (χ2n) is 7.04. The van der Waals surface area contributed by atoms with E-state index in [2.05, 4.69) is 31.5 Å². The van der Waals surface area contributed by atoms with Crippen LogP contribution in [0.2, 0.25) is 0 Å². The summed E-state index contributed by atoms with van der Waals surface area (Å²) in [4.78, 5) is 18.3. The van der Waals surface area contributed by atoms with Gasteiger partial charge in [-0.3, -0.25) is 9.69 Å². The highest BCUT2D eigenvalue weighted by atomic mass is 16.5. The molecule has 8 nitrogen and oxygen atoms in total. The molecule has 0 bridgehead atoms. The number of pyridine rings is 1. The molecule has 1 atom stereocenters. The topological polar surface area (TPSA) is 88.9 Å². The van der Waals surface area contributed by atoms with Crippen LogP contribution >= 0.6 is 0 Å². The molecule has 1 fully saturated rings. The fourth-order valence-corrected chi connectivity index (χ4v) is 3.79. The van der Waals surface area contributed by atoms with Crippen molar-refractivity contribution in [3.63, 3.8) is 0 Å². The molecule has 0 unspecified atom stereocenters. The molecule has 2 aromatic heterocycles. The predicted molar refractivity (Wildman–Crippen MR) is 102 cm³/mol. The molecule has 1 aliphatic heterocycles. The van der Waals surface area contributed by atoms with Gasteiger partial charge in [0.15, 0.2) is 5.82 Å². The Morgan fingerprint density at radius 3 is 2.85 bits per heavy atom. The van der Waals surface area contributed by atoms with Crippen LogP contribution < -0.4 is 5.56 Å². The second kappa shape index (κ2) is 7.58. The van der Waals surface area contributed by atoms with Gasteiger partial charge in [0.1, 0.15) is 6.04 Å². The fraction of sp³-hybridized carbons (Fsp3) is 0.474. The lowest BCUT2D eigenvalue weighted by atomic mass is 10.0. The summed E-state index contributed by atoms with van der Waals surface area (Å²) < 4.78 is 6.92. The lowest BCUT2D eigenvalue weighted by Crippen LogP contribution is -2.33. The van der Waals surface area contributed by atoms with E-state index in [1.54, 1.807) is 11.8 Å². The van der Waals surface area contributed by atoms with Gasteiger partial charge in [-0.1, -0.05) is 11.6 Å². The largest absolute Gasteiger partial charge is 0.383 e. The summed E-state index contributed by atoms with van der Waals surface area (Å²) >= 11 is 0. The van der Waals surface area contributed by atoms with E-state index in [4.69, 9.17) is 4.74 Å². The van der Waals surface area contributed by atoms with Crippen molar-refractivity contribution in [1.29, 1.82) is 0 Å². The Bertz CT molecular complexity index is 989. The van der Waals surface area contributed by atoms with Gasteiger partial charge < -0.3 is 9.72 Å². The minimum Gasteiger partial charge on any atom is -0.383 e. The molecule has 0 saturated carbocycles. The predicted octanol–water partition coefficient (Wildman–Crippen LogP) is 1.65. The van der Waals surface area contributed by atoms with Crippen molar-refractivity contribution >= 4 is 10.9 Å². The number of nitrogens with zero attached hydrogens (tertiary/aromatic N) is 5. The molecule has 1 N–H and O–H groups in total. The highest BCUT2D eigenvalue weighted by Gasteiger charge is 2.31. The molecule has 0 spiro atoms. The van der Waals surface area contributed by atoms with Crippen LogP contribution in [0.5, 0.6) is 0 Å². The summed E-state index contributed by atoms with van der Waals surface area (Å²) in [6.07, 6.45) is 2.22. The van der Waals surface area contributed by atoms with Gasteiger partial charge in [-0.15, -0.1) is 5.10 Å². The highest BCUT2D eigenvalue weighted by molar-refractivity contribution is 5.79. The number of aromatic nitrogens is 5. The number of hydrogen-bond acceptors (Lipinski definition) is 6. The van der Waals surface area contributed by atoms with E-state index in [-0.39, 0.29) is 11.6 Å². The molecule has 1 aromatic carbocycles. The first-order valence-corrected chi connectivity index (χ1v) is 9.30. The molecule has 3 heterocycles. The third-order valence-corrected chi connectivity index (χ3v) is 5.14. The van der Waals surface area contributed by atoms with Crippen LogP contribution in [0.15, 0.2) is 29.1 Å². The molecule has 142 valence electrons. The molecule has 27 heavy (non-hydrogen) atoms. The third-order valence-electron chi connectivity index (χ3n) is 5.14. The Labute approximate surface area is 157 Å². The van der Waals surface area contributed by atoms with Crippen LogP contribution in [-0.4, -0.2) is 56.9 Å². The SMILES string of the molecule is COCCn1nnnc1[C@@H](c1cc2cc(C)ccc2[nH]c1=O)N1CCCC1. The van der Waals surface area contributed by atoms with Crippen molar-refractivity contribution in [1.82, 2.24) is 30.1 Å². The maximum atomic E-state index is 13.0. The number of aromatic amines is 1. The number of ether oxygens (including phenoxy) is 1. The maximum Gasteiger partial charge on any atom is 0.253 e. The quantitative estimate of drug-likeness (QED) is 0.712. The molecule has 0 amide bonds. The summed E-state index contributed by atoms with van der Waals surface area (Å²) in [7, 11) is 1.65. The molecule has 0 aliphatic carbocycles. The fourth-order valence-electron chi connectivity index (χ4n) is 3.79. The van der Waals surface area contributed by atoms with Crippen LogP contribution in [0.25, 0.3) is 10.9 Å². The van der Waals surface area contributed by atoms with E-state index in [1.807, 2.05) is 25.1 Å². The monoisotopic (exact) mass is 368 g/mol. The van der Waals surface area contributed by atoms with Gasteiger partial charge in [0.2, 0.25) is 0 Å². The lowest BCUT2D eigenvalue weighted by molar-refractivity contribution is 0.178. The second-order valence-corrected chi connectivity index (χ2v) is 7.04.